The second-order valence-electron chi connectivity index (χ2n) is 4.78. The number of hydrogen-bond donors (Lipinski definition) is 1. The fourth-order valence-corrected chi connectivity index (χ4v) is 2.35. The topological polar surface area (TPSA) is 59.8 Å². The summed E-state index contributed by atoms with van der Waals surface area (Å²) in [4.78, 5) is 16.3. The molecule has 1 aliphatic rings. The fraction of sp³-hybridized carbons (Fsp3) is 0.750. The molecule has 0 saturated carbocycles. The first kappa shape index (κ1) is 12.2. The molecular weight excluding hydrogens is 216 g/mol. The van der Waals surface area contributed by atoms with Crippen LogP contribution in [0.1, 0.15) is 26.1 Å². The zero-order valence-corrected chi connectivity index (χ0v) is 10.5. The highest BCUT2D eigenvalue weighted by Gasteiger charge is 2.29. The third-order valence-electron chi connectivity index (χ3n) is 3.39. The standard InChI is InChI=1S/C12H20N4O/c1-3-4-16-12(14-8-15-16)5-11(17)10-7-13-6-9(10)2/h8-10,13H,3-7H2,1-2H3. The summed E-state index contributed by atoms with van der Waals surface area (Å²) in [5, 5.41) is 7.40. The molecule has 0 aromatic carbocycles. The molecule has 1 fully saturated rings. The molecule has 0 spiro atoms. The molecule has 1 N–H and O–H groups in total. The summed E-state index contributed by atoms with van der Waals surface area (Å²) in [7, 11) is 0. The van der Waals surface area contributed by atoms with E-state index in [1.165, 1.54) is 6.33 Å². The molecule has 2 rings (SSSR count). The van der Waals surface area contributed by atoms with Crippen molar-refractivity contribution in [2.24, 2.45) is 11.8 Å². The zero-order chi connectivity index (χ0) is 12.3. The van der Waals surface area contributed by atoms with Gasteiger partial charge in [-0.05, 0) is 18.9 Å². The highest BCUT2D eigenvalue weighted by atomic mass is 16.1. The Hall–Kier alpha value is -1.23. The Morgan fingerprint density at radius 2 is 2.41 bits per heavy atom. The van der Waals surface area contributed by atoms with Gasteiger partial charge in [-0.2, -0.15) is 5.10 Å². The first-order valence-corrected chi connectivity index (χ1v) is 6.32. The number of rotatable bonds is 5. The first-order valence-electron chi connectivity index (χ1n) is 6.32. The molecule has 1 aromatic heterocycles. The molecule has 1 saturated heterocycles. The summed E-state index contributed by atoms with van der Waals surface area (Å²) in [6, 6.07) is 0. The molecule has 2 atom stereocenters. The van der Waals surface area contributed by atoms with Gasteiger partial charge in [0.05, 0.1) is 6.42 Å². The van der Waals surface area contributed by atoms with Crippen molar-refractivity contribution < 1.29 is 4.79 Å². The number of hydrogen-bond acceptors (Lipinski definition) is 4. The van der Waals surface area contributed by atoms with Crippen molar-refractivity contribution in [3.8, 4) is 0 Å². The predicted octanol–water partition coefficient (Wildman–Crippen LogP) is 0.655. The van der Waals surface area contributed by atoms with Crippen LogP contribution < -0.4 is 5.32 Å². The van der Waals surface area contributed by atoms with Crippen molar-refractivity contribution in [3.05, 3.63) is 12.2 Å². The molecule has 0 radical (unpaired) electrons. The van der Waals surface area contributed by atoms with Crippen molar-refractivity contribution in [1.29, 1.82) is 0 Å². The van der Waals surface area contributed by atoms with Crippen LogP contribution in [0.4, 0.5) is 0 Å². The molecule has 1 aliphatic heterocycles. The largest absolute Gasteiger partial charge is 0.316 e. The van der Waals surface area contributed by atoms with Crippen molar-refractivity contribution in [1.82, 2.24) is 20.1 Å². The zero-order valence-electron chi connectivity index (χ0n) is 10.5. The van der Waals surface area contributed by atoms with E-state index in [-0.39, 0.29) is 11.7 Å². The minimum absolute atomic E-state index is 0.141. The third-order valence-corrected chi connectivity index (χ3v) is 3.39. The molecule has 1 aromatic rings. The van der Waals surface area contributed by atoms with E-state index in [1.807, 2.05) is 4.68 Å². The SMILES string of the molecule is CCCn1ncnc1CC(=O)C1CNCC1C. The van der Waals surface area contributed by atoms with Crippen LogP contribution in [0, 0.1) is 11.8 Å². The lowest BCUT2D eigenvalue weighted by molar-refractivity contribution is -0.122. The van der Waals surface area contributed by atoms with Gasteiger partial charge in [0.15, 0.2) is 0 Å². The van der Waals surface area contributed by atoms with Crippen molar-refractivity contribution in [3.63, 3.8) is 0 Å². The summed E-state index contributed by atoms with van der Waals surface area (Å²) in [6.45, 7) is 6.80. The van der Waals surface area contributed by atoms with E-state index in [0.29, 0.717) is 12.3 Å². The van der Waals surface area contributed by atoms with E-state index in [2.05, 4.69) is 29.2 Å². The molecule has 0 aliphatic carbocycles. The van der Waals surface area contributed by atoms with Crippen LogP contribution in [0.25, 0.3) is 0 Å². The Balaban J connectivity index is 2.00. The minimum atomic E-state index is 0.141. The Kier molecular flexibility index (Phi) is 3.89. The Labute approximate surface area is 102 Å². The number of nitrogens with zero attached hydrogens (tertiary/aromatic N) is 3. The average molecular weight is 236 g/mol. The van der Waals surface area contributed by atoms with E-state index < -0.39 is 0 Å². The van der Waals surface area contributed by atoms with Crippen LogP contribution in [0.2, 0.25) is 0 Å². The third kappa shape index (κ3) is 2.72. The average Bonchev–Trinajstić information content (AvgIpc) is 2.89. The number of Topliss-reactive ketones (excluding diaryl/α,β-unsaturated/α-hetero) is 1. The van der Waals surface area contributed by atoms with Gasteiger partial charge in [-0.25, -0.2) is 9.67 Å². The molecular formula is C12H20N4O. The number of ketones is 1. The maximum absolute atomic E-state index is 12.2. The van der Waals surface area contributed by atoms with Gasteiger partial charge in [0.1, 0.15) is 17.9 Å². The normalized spacial score (nSPS) is 24.1. The van der Waals surface area contributed by atoms with Gasteiger partial charge >= 0.3 is 0 Å². The lowest BCUT2D eigenvalue weighted by Crippen LogP contribution is -2.24. The Morgan fingerprint density at radius 3 is 3.06 bits per heavy atom. The van der Waals surface area contributed by atoms with Crippen molar-refractivity contribution >= 4 is 5.78 Å². The van der Waals surface area contributed by atoms with Gasteiger partial charge in [-0.1, -0.05) is 13.8 Å². The second kappa shape index (κ2) is 5.40. The van der Waals surface area contributed by atoms with Gasteiger partial charge in [0.2, 0.25) is 0 Å². The van der Waals surface area contributed by atoms with Gasteiger partial charge in [0, 0.05) is 19.0 Å². The maximum Gasteiger partial charge on any atom is 0.145 e. The summed E-state index contributed by atoms with van der Waals surface area (Å²) < 4.78 is 1.84. The van der Waals surface area contributed by atoms with Crippen LogP contribution in [0.5, 0.6) is 0 Å². The molecule has 2 heterocycles. The number of carbonyl (C=O) groups excluding carboxylic acids is 1. The van der Waals surface area contributed by atoms with Gasteiger partial charge < -0.3 is 5.32 Å². The predicted molar refractivity (Wildman–Crippen MR) is 64.5 cm³/mol. The Bertz CT molecular complexity index is 388. The number of nitrogens with one attached hydrogen (secondary N) is 1. The number of aromatic nitrogens is 3. The molecule has 5 heteroatoms. The van der Waals surface area contributed by atoms with E-state index in [0.717, 1.165) is 31.9 Å². The van der Waals surface area contributed by atoms with Gasteiger partial charge in [0.25, 0.3) is 0 Å². The van der Waals surface area contributed by atoms with E-state index in [4.69, 9.17) is 0 Å². The molecule has 94 valence electrons. The van der Waals surface area contributed by atoms with E-state index in [9.17, 15) is 4.79 Å². The van der Waals surface area contributed by atoms with Crippen molar-refractivity contribution in [2.45, 2.75) is 33.2 Å². The van der Waals surface area contributed by atoms with Crippen LogP contribution in [-0.2, 0) is 17.8 Å². The van der Waals surface area contributed by atoms with Gasteiger partial charge in [-0.3, -0.25) is 4.79 Å². The maximum atomic E-state index is 12.2. The highest BCUT2D eigenvalue weighted by Crippen LogP contribution is 2.18. The van der Waals surface area contributed by atoms with Crippen molar-refractivity contribution in [2.75, 3.05) is 13.1 Å². The lowest BCUT2D eigenvalue weighted by Gasteiger charge is -2.12. The Morgan fingerprint density at radius 1 is 1.59 bits per heavy atom. The molecule has 0 bridgehead atoms. The highest BCUT2D eigenvalue weighted by molar-refractivity contribution is 5.83. The summed E-state index contributed by atoms with van der Waals surface area (Å²) in [5.74, 6) is 1.66. The molecule has 2 unspecified atom stereocenters. The van der Waals surface area contributed by atoms with Crippen LogP contribution in [0.15, 0.2) is 6.33 Å². The second-order valence-corrected chi connectivity index (χ2v) is 4.78. The van der Waals surface area contributed by atoms with E-state index >= 15 is 0 Å². The summed E-state index contributed by atoms with van der Waals surface area (Å²) in [5.41, 5.74) is 0. The molecule has 17 heavy (non-hydrogen) atoms. The molecule has 0 amide bonds. The fourth-order valence-electron chi connectivity index (χ4n) is 2.35. The number of carbonyl (C=O) groups is 1. The minimum Gasteiger partial charge on any atom is -0.316 e. The molecule has 5 nitrogen and oxygen atoms in total. The lowest BCUT2D eigenvalue weighted by atomic mass is 9.92. The van der Waals surface area contributed by atoms with Crippen LogP contribution in [0.3, 0.4) is 0 Å². The number of aryl methyl sites for hydroxylation is 1. The first-order chi connectivity index (χ1) is 8.22. The van der Waals surface area contributed by atoms with Gasteiger partial charge in [-0.15, -0.1) is 0 Å². The summed E-state index contributed by atoms with van der Waals surface area (Å²) >= 11 is 0. The summed E-state index contributed by atoms with van der Waals surface area (Å²) in [6.07, 6.45) is 2.96. The van der Waals surface area contributed by atoms with Crippen LogP contribution >= 0.6 is 0 Å². The van der Waals surface area contributed by atoms with Crippen LogP contribution in [-0.4, -0.2) is 33.6 Å². The quantitative estimate of drug-likeness (QED) is 0.815. The van der Waals surface area contributed by atoms with E-state index in [1.54, 1.807) is 0 Å². The monoisotopic (exact) mass is 236 g/mol. The smallest absolute Gasteiger partial charge is 0.145 e.